The summed E-state index contributed by atoms with van der Waals surface area (Å²) in [5.74, 6) is 0. The number of allylic oxidation sites excluding steroid dienone is 3. The Hall–Kier alpha value is 0.411. The van der Waals surface area contributed by atoms with Crippen LogP contribution in [0.3, 0.4) is 0 Å². The molecule has 58 valence electrons. The first-order chi connectivity index (χ1) is 4.22. The Kier molecular flexibility index (Phi) is 27.2. The summed E-state index contributed by atoms with van der Waals surface area (Å²) < 4.78 is 0. The maximum absolute atomic E-state index is 3.56. The van der Waals surface area contributed by atoms with E-state index in [4.69, 9.17) is 0 Å². The van der Waals surface area contributed by atoms with Crippen molar-refractivity contribution in [3.8, 4) is 0 Å². The van der Waals surface area contributed by atoms with Crippen molar-refractivity contribution in [2.45, 2.75) is 26.9 Å². The van der Waals surface area contributed by atoms with Crippen LogP contribution in [0.4, 0.5) is 0 Å². The molecule has 0 fully saturated rings. The molecule has 0 N–H and O–H groups in total. The van der Waals surface area contributed by atoms with Crippen LogP contribution >= 0.6 is 0 Å². The molecule has 0 aliphatic carbocycles. The van der Waals surface area contributed by atoms with Crippen LogP contribution in [0.2, 0.25) is 13.1 Å². The molecule has 0 amide bonds. The maximum Gasteiger partial charge on any atom is 0.0135 e. The molecule has 0 saturated heterocycles. The van der Waals surface area contributed by atoms with Gasteiger partial charge in [-0.15, -0.1) is 0 Å². The SMILES string of the molecule is C=CC(C)=CC.C[SiH2]C.[Ti]. The number of hydrogen-bond donors (Lipinski definition) is 0. The zero-order chi connectivity index (χ0) is 7.70. The van der Waals surface area contributed by atoms with E-state index in [1.165, 1.54) is 5.57 Å². The first-order valence-electron chi connectivity index (χ1n) is 3.48. The average molecular weight is 190 g/mol. The predicted octanol–water partition coefficient (Wildman–Crippen LogP) is 2.39. The minimum absolute atomic E-state index is 0. The molecule has 0 aromatic carbocycles. The molecule has 0 nitrogen and oxygen atoms in total. The Morgan fingerprint density at radius 1 is 1.40 bits per heavy atom. The Bertz CT molecular complexity index is 87.3. The first-order valence-corrected chi connectivity index (χ1v) is 6.31. The van der Waals surface area contributed by atoms with E-state index in [0.29, 0.717) is 9.52 Å². The molecule has 0 aliphatic rings. The van der Waals surface area contributed by atoms with Crippen molar-refractivity contribution in [3.05, 3.63) is 24.3 Å². The molecule has 0 aromatic rings. The molecule has 0 radical (unpaired) electrons. The van der Waals surface area contributed by atoms with Gasteiger partial charge >= 0.3 is 0 Å². The van der Waals surface area contributed by atoms with Crippen LogP contribution in [0, 0.1) is 0 Å². The van der Waals surface area contributed by atoms with E-state index < -0.39 is 0 Å². The van der Waals surface area contributed by atoms with Crippen molar-refractivity contribution >= 4 is 9.52 Å². The molecule has 0 aliphatic heterocycles. The third kappa shape index (κ3) is 23.7. The Balaban J connectivity index is -0.000000107. The second-order valence-corrected chi connectivity index (χ2v) is 3.36. The predicted molar refractivity (Wildman–Crippen MR) is 49.9 cm³/mol. The van der Waals surface area contributed by atoms with Crippen molar-refractivity contribution in [1.29, 1.82) is 0 Å². The molecule has 0 aromatic heterocycles. The molecule has 0 spiro atoms. The third-order valence-corrected chi connectivity index (χ3v) is 0.777. The van der Waals surface area contributed by atoms with E-state index in [1.807, 2.05) is 26.0 Å². The van der Waals surface area contributed by atoms with Gasteiger partial charge in [-0.1, -0.05) is 37.4 Å². The average Bonchev–Trinajstić information content (AvgIpc) is 1.88. The van der Waals surface area contributed by atoms with Crippen LogP contribution in [-0.4, -0.2) is 9.52 Å². The number of hydrogen-bond acceptors (Lipinski definition) is 0. The monoisotopic (exact) mass is 190 g/mol. The third-order valence-electron chi connectivity index (χ3n) is 0.777. The van der Waals surface area contributed by atoms with Crippen molar-refractivity contribution in [2.24, 2.45) is 0 Å². The van der Waals surface area contributed by atoms with E-state index in [1.54, 1.807) is 0 Å². The molecule has 0 heterocycles. The summed E-state index contributed by atoms with van der Waals surface area (Å²) in [4.78, 5) is 0. The number of rotatable bonds is 1. The van der Waals surface area contributed by atoms with Gasteiger partial charge in [0.05, 0.1) is 0 Å². The van der Waals surface area contributed by atoms with Gasteiger partial charge in [-0.25, -0.2) is 0 Å². The summed E-state index contributed by atoms with van der Waals surface area (Å²) in [5.41, 5.74) is 1.23. The minimum Gasteiger partial charge on any atom is -0.0988 e. The topological polar surface area (TPSA) is 0 Å². The molecule has 0 atom stereocenters. The van der Waals surface area contributed by atoms with Gasteiger partial charge in [-0.3, -0.25) is 0 Å². The van der Waals surface area contributed by atoms with Crippen molar-refractivity contribution in [2.75, 3.05) is 0 Å². The van der Waals surface area contributed by atoms with Gasteiger partial charge in [-0.05, 0) is 13.8 Å². The fourth-order valence-corrected chi connectivity index (χ4v) is 0.118. The Morgan fingerprint density at radius 2 is 1.70 bits per heavy atom. The summed E-state index contributed by atoms with van der Waals surface area (Å²) in [6, 6.07) is 0. The summed E-state index contributed by atoms with van der Waals surface area (Å²) in [6.07, 6.45) is 3.85. The largest absolute Gasteiger partial charge is 0.0988 e. The van der Waals surface area contributed by atoms with E-state index in [2.05, 4.69) is 19.7 Å². The van der Waals surface area contributed by atoms with Gasteiger partial charge in [0.15, 0.2) is 0 Å². The van der Waals surface area contributed by atoms with Gasteiger partial charge in [0, 0.05) is 31.2 Å². The van der Waals surface area contributed by atoms with Gasteiger partial charge < -0.3 is 0 Å². The van der Waals surface area contributed by atoms with Crippen molar-refractivity contribution in [3.63, 3.8) is 0 Å². The quantitative estimate of drug-likeness (QED) is 0.440. The molecule has 0 rings (SSSR count). The van der Waals surface area contributed by atoms with Gasteiger partial charge in [0.2, 0.25) is 0 Å². The van der Waals surface area contributed by atoms with E-state index in [0.717, 1.165) is 0 Å². The summed E-state index contributed by atoms with van der Waals surface area (Å²) in [5, 5.41) is 0. The Morgan fingerprint density at radius 3 is 1.70 bits per heavy atom. The molecular weight excluding hydrogens is 172 g/mol. The zero-order valence-corrected chi connectivity index (χ0v) is 10.5. The van der Waals surface area contributed by atoms with Gasteiger partial charge in [-0.2, -0.15) is 0 Å². The maximum atomic E-state index is 3.56. The standard InChI is InChI=1S/C6H10.C2H8Si.Ti/c1-4-6(3)5-2;1-3-2;/h4-5H,1H2,2-3H3;3H2,1-2H3;. The minimum atomic E-state index is 0. The fourth-order valence-electron chi connectivity index (χ4n) is 0.118. The Labute approximate surface area is 82.5 Å². The van der Waals surface area contributed by atoms with Crippen molar-refractivity contribution in [1.82, 2.24) is 0 Å². The molecule has 0 unspecified atom stereocenters. The van der Waals surface area contributed by atoms with Gasteiger partial charge in [0.25, 0.3) is 0 Å². The molecule has 10 heavy (non-hydrogen) atoms. The molecule has 0 saturated carbocycles. The normalized spacial score (nSPS) is 8.60. The van der Waals surface area contributed by atoms with Gasteiger partial charge in [0.1, 0.15) is 0 Å². The summed E-state index contributed by atoms with van der Waals surface area (Å²) in [7, 11) is 0.417. The zero-order valence-electron chi connectivity index (χ0n) is 7.57. The molecular formula is C8H18SiTi. The second-order valence-electron chi connectivity index (χ2n) is 1.94. The van der Waals surface area contributed by atoms with Crippen LogP contribution < -0.4 is 0 Å². The first kappa shape index (κ1) is 16.8. The van der Waals surface area contributed by atoms with E-state index in [-0.39, 0.29) is 21.7 Å². The summed E-state index contributed by atoms with van der Waals surface area (Å²) >= 11 is 0. The fraction of sp³-hybridized carbons (Fsp3) is 0.500. The van der Waals surface area contributed by atoms with Crippen LogP contribution in [0.25, 0.3) is 0 Å². The van der Waals surface area contributed by atoms with E-state index in [9.17, 15) is 0 Å². The van der Waals surface area contributed by atoms with Crippen LogP contribution in [0.15, 0.2) is 24.3 Å². The molecule has 2 heteroatoms. The second kappa shape index (κ2) is 16.2. The summed E-state index contributed by atoms with van der Waals surface area (Å²) in [6.45, 7) is 12.1. The molecule has 0 bridgehead atoms. The van der Waals surface area contributed by atoms with Crippen molar-refractivity contribution < 1.29 is 21.7 Å². The van der Waals surface area contributed by atoms with Crippen LogP contribution in [0.5, 0.6) is 0 Å². The smallest absolute Gasteiger partial charge is 0.0135 e. The van der Waals surface area contributed by atoms with Crippen LogP contribution in [0.1, 0.15) is 13.8 Å². The van der Waals surface area contributed by atoms with E-state index >= 15 is 0 Å². The van der Waals surface area contributed by atoms with Crippen LogP contribution in [-0.2, 0) is 21.7 Å².